The highest BCUT2D eigenvalue weighted by Gasteiger charge is 2.16. The molecule has 1 N–H and O–H groups in total. The fraction of sp³-hybridized carbons (Fsp3) is 0.500. The monoisotopic (exact) mass is 378 g/mol. The van der Waals surface area contributed by atoms with Crippen molar-refractivity contribution in [2.45, 2.75) is 51.0 Å². The molecule has 1 saturated carbocycles. The highest BCUT2D eigenvalue weighted by atomic mass is 32.1. The second-order valence-corrected chi connectivity index (χ2v) is 8.02. The van der Waals surface area contributed by atoms with Crippen LogP contribution in [0.15, 0.2) is 22.9 Å². The number of hydrogen-bond donors (Lipinski definition) is 1. The lowest BCUT2D eigenvalue weighted by Crippen LogP contribution is -2.37. The molecule has 2 aromatic rings. The minimum atomic E-state index is -0.418. The summed E-state index contributed by atoms with van der Waals surface area (Å²) in [6.07, 6.45) is 6.92. The van der Waals surface area contributed by atoms with Gasteiger partial charge in [0.05, 0.1) is 17.0 Å². The van der Waals surface area contributed by atoms with E-state index in [1.54, 1.807) is 11.3 Å². The Morgan fingerprint density at radius 3 is 2.72 bits per heavy atom. The second-order valence-electron chi connectivity index (χ2n) is 6.21. The molecule has 1 amide bonds. The first-order valence-corrected chi connectivity index (χ1v) is 10.4. The number of nitrogens with zero attached hydrogens (tertiary/aromatic N) is 1. The largest absolute Gasteiger partial charge is 0.455 e. The normalized spacial score (nSPS) is 15.5. The fourth-order valence-corrected chi connectivity index (χ4v) is 4.57. The van der Waals surface area contributed by atoms with Crippen LogP contribution in [0.25, 0.3) is 9.88 Å². The number of esters is 1. The summed E-state index contributed by atoms with van der Waals surface area (Å²) in [6, 6.07) is 4.20. The van der Waals surface area contributed by atoms with E-state index in [0.29, 0.717) is 5.69 Å². The molecule has 3 rings (SSSR count). The molecule has 5 nitrogen and oxygen atoms in total. The molecule has 0 spiro atoms. The van der Waals surface area contributed by atoms with Crippen molar-refractivity contribution in [3.63, 3.8) is 0 Å². The predicted molar refractivity (Wildman–Crippen MR) is 99.7 cm³/mol. The van der Waals surface area contributed by atoms with Gasteiger partial charge in [-0.1, -0.05) is 31.7 Å². The third kappa shape index (κ3) is 5.64. The number of aromatic nitrogens is 1. The molecule has 2 aromatic heterocycles. The lowest BCUT2D eigenvalue weighted by Gasteiger charge is -2.16. The van der Waals surface area contributed by atoms with Crippen LogP contribution in [-0.2, 0) is 20.7 Å². The SMILES string of the molecule is O=C(COC(=O)Cc1csc(-c2cccs2)n1)NC1CCCCCC1. The van der Waals surface area contributed by atoms with Crippen molar-refractivity contribution in [1.82, 2.24) is 10.3 Å². The van der Waals surface area contributed by atoms with E-state index in [2.05, 4.69) is 10.3 Å². The van der Waals surface area contributed by atoms with Crippen molar-refractivity contribution < 1.29 is 14.3 Å². The summed E-state index contributed by atoms with van der Waals surface area (Å²) >= 11 is 3.13. The summed E-state index contributed by atoms with van der Waals surface area (Å²) in [6.45, 7) is -0.211. The quantitative estimate of drug-likeness (QED) is 0.613. The number of thiazole rings is 1. The minimum Gasteiger partial charge on any atom is -0.455 e. The van der Waals surface area contributed by atoms with Crippen molar-refractivity contribution in [2.75, 3.05) is 6.61 Å². The summed E-state index contributed by atoms with van der Waals surface area (Å²) in [4.78, 5) is 29.4. The zero-order chi connectivity index (χ0) is 17.5. The van der Waals surface area contributed by atoms with Gasteiger partial charge in [-0.3, -0.25) is 9.59 Å². The fourth-order valence-electron chi connectivity index (χ4n) is 2.94. The number of ether oxygens (including phenoxy) is 1. The number of rotatable bonds is 6. The van der Waals surface area contributed by atoms with E-state index in [4.69, 9.17) is 4.74 Å². The Kier molecular flexibility index (Phi) is 6.58. The first-order valence-electron chi connectivity index (χ1n) is 8.64. The minimum absolute atomic E-state index is 0.0958. The van der Waals surface area contributed by atoms with Crippen molar-refractivity contribution in [3.8, 4) is 9.88 Å². The second kappa shape index (κ2) is 9.10. The van der Waals surface area contributed by atoms with Gasteiger partial charge in [-0.2, -0.15) is 0 Å². The molecule has 0 aromatic carbocycles. The van der Waals surface area contributed by atoms with Crippen LogP contribution in [-0.4, -0.2) is 29.5 Å². The number of thiophene rings is 1. The maximum absolute atomic E-state index is 11.9. The third-order valence-corrected chi connectivity index (χ3v) is 6.12. The average molecular weight is 379 g/mol. The standard InChI is InChI=1S/C18H22N2O3S2/c21-16(19-13-6-3-1-2-4-7-13)11-23-17(22)10-14-12-25-18(20-14)15-8-5-9-24-15/h5,8-9,12-13H,1-4,6-7,10-11H2,(H,19,21). The topological polar surface area (TPSA) is 68.3 Å². The molecule has 0 aliphatic heterocycles. The molecule has 0 unspecified atom stereocenters. The summed E-state index contributed by atoms with van der Waals surface area (Å²) in [5.41, 5.74) is 0.683. The number of hydrogen-bond acceptors (Lipinski definition) is 6. The van der Waals surface area contributed by atoms with Crippen LogP contribution in [0.4, 0.5) is 0 Å². The lowest BCUT2D eigenvalue weighted by molar-refractivity contribution is -0.148. The van der Waals surface area contributed by atoms with Gasteiger partial charge in [0, 0.05) is 11.4 Å². The van der Waals surface area contributed by atoms with Crippen LogP contribution in [0.2, 0.25) is 0 Å². The number of carbonyl (C=O) groups excluding carboxylic acids is 2. The molecule has 25 heavy (non-hydrogen) atoms. The number of amides is 1. The average Bonchev–Trinajstić information content (AvgIpc) is 3.22. The molecule has 0 bridgehead atoms. The van der Waals surface area contributed by atoms with Gasteiger partial charge in [-0.05, 0) is 24.3 Å². The predicted octanol–water partition coefficient (Wildman–Crippen LogP) is 3.80. The van der Waals surface area contributed by atoms with Gasteiger partial charge in [0.1, 0.15) is 5.01 Å². The van der Waals surface area contributed by atoms with Gasteiger partial charge in [0.2, 0.25) is 0 Å². The first-order chi connectivity index (χ1) is 12.2. The van der Waals surface area contributed by atoms with Gasteiger partial charge in [0.25, 0.3) is 5.91 Å². The molecule has 0 atom stereocenters. The highest BCUT2D eigenvalue weighted by Crippen LogP contribution is 2.27. The van der Waals surface area contributed by atoms with E-state index < -0.39 is 5.97 Å². The summed E-state index contributed by atoms with van der Waals surface area (Å²) < 4.78 is 5.10. The van der Waals surface area contributed by atoms with Crippen LogP contribution >= 0.6 is 22.7 Å². The van der Waals surface area contributed by atoms with E-state index in [-0.39, 0.29) is 25.0 Å². The van der Waals surface area contributed by atoms with E-state index in [1.807, 2.05) is 22.9 Å². The molecule has 1 fully saturated rings. The zero-order valence-electron chi connectivity index (χ0n) is 14.0. The first kappa shape index (κ1) is 18.1. The van der Waals surface area contributed by atoms with Crippen molar-refractivity contribution >= 4 is 34.6 Å². The molecule has 1 aliphatic carbocycles. The molecule has 0 saturated heterocycles. The zero-order valence-corrected chi connectivity index (χ0v) is 15.7. The molecular formula is C18H22N2O3S2. The van der Waals surface area contributed by atoms with Crippen LogP contribution in [0.5, 0.6) is 0 Å². The summed E-state index contributed by atoms with van der Waals surface area (Å²) in [5, 5.41) is 7.74. The van der Waals surface area contributed by atoms with Crippen LogP contribution in [0.3, 0.4) is 0 Å². The summed E-state index contributed by atoms with van der Waals surface area (Å²) in [7, 11) is 0. The van der Waals surface area contributed by atoms with Crippen molar-refractivity contribution in [3.05, 3.63) is 28.6 Å². The molecular weight excluding hydrogens is 356 g/mol. The Balaban J connectivity index is 1.41. The Bertz CT molecular complexity index is 689. The van der Waals surface area contributed by atoms with E-state index >= 15 is 0 Å². The number of nitrogens with one attached hydrogen (secondary N) is 1. The summed E-state index contributed by atoms with van der Waals surface area (Å²) in [5.74, 6) is -0.628. The van der Waals surface area contributed by atoms with Crippen LogP contribution in [0.1, 0.15) is 44.2 Å². The Labute approximate surface area is 155 Å². The molecule has 0 radical (unpaired) electrons. The third-order valence-electron chi connectivity index (χ3n) is 4.19. The van der Waals surface area contributed by atoms with Crippen molar-refractivity contribution in [1.29, 1.82) is 0 Å². The number of carbonyl (C=O) groups is 2. The van der Waals surface area contributed by atoms with E-state index in [0.717, 1.165) is 35.6 Å². The molecule has 7 heteroatoms. The van der Waals surface area contributed by atoms with Crippen LogP contribution < -0.4 is 5.32 Å². The molecule has 2 heterocycles. The maximum Gasteiger partial charge on any atom is 0.312 e. The van der Waals surface area contributed by atoms with Gasteiger partial charge in [-0.15, -0.1) is 22.7 Å². The molecule has 134 valence electrons. The van der Waals surface area contributed by atoms with Gasteiger partial charge in [-0.25, -0.2) is 4.98 Å². The lowest BCUT2D eigenvalue weighted by atomic mass is 10.1. The van der Waals surface area contributed by atoms with Gasteiger partial charge in [0.15, 0.2) is 6.61 Å². The Hall–Kier alpha value is -1.73. The Morgan fingerprint density at radius 2 is 2.00 bits per heavy atom. The van der Waals surface area contributed by atoms with Gasteiger partial charge >= 0.3 is 5.97 Å². The van der Waals surface area contributed by atoms with Crippen LogP contribution in [0, 0.1) is 0 Å². The van der Waals surface area contributed by atoms with Gasteiger partial charge < -0.3 is 10.1 Å². The molecule has 1 aliphatic rings. The maximum atomic E-state index is 11.9. The smallest absolute Gasteiger partial charge is 0.312 e. The Morgan fingerprint density at radius 1 is 1.20 bits per heavy atom. The van der Waals surface area contributed by atoms with E-state index in [9.17, 15) is 9.59 Å². The van der Waals surface area contributed by atoms with Crippen molar-refractivity contribution in [2.24, 2.45) is 0 Å². The van der Waals surface area contributed by atoms with E-state index in [1.165, 1.54) is 24.2 Å². The highest BCUT2D eigenvalue weighted by molar-refractivity contribution is 7.20.